The highest BCUT2D eigenvalue weighted by Crippen LogP contribution is 2.29. The second-order valence-electron chi connectivity index (χ2n) is 3.11. The van der Waals surface area contributed by atoms with Gasteiger partial charge in [0.2, 0.25) is 0 Å². The average Bonchev–Trinajstić information content (AvgIpc) is 1.91. The summed E-state index contributed by atoms with van der Waals surface area (Å²) in [7, 11) is 0. The Hall–Kier alpha value is -0.290. The Morgan fingerprint density at radius 2 is 2.08 bits per heavy atom. The summed E-state index contributed by atoms with van der Waals surface area (Å²) >= 11 is 0. The number of alkyl halides is 3. The van der Waals surface area contributed by atoms with E-state index in [1.54, 1.807) is 0 Å². The number of ether oxygens (including phenoxy) is 1. The summed E-state index contributed by atoms with van der Waals surface area (Å²) in [5.41, 5.74) is 5.46. The van der Waals surface area contributed by atoms with Gasteiger partial charge in [0.25, 0.3) is 0 Å². The van der Waals surface area contributed by atoms with Crippen LogP contribution in [0.15, 0.2) is 0 Å². The highest BCUT2D eigenvalue weighted by molar-refractivity contribution is 4.78. The first-order valence-electron chi connectivity index (χ1n) is 3.89. The van der Waals surface area contributed by atoms with Crippen molar-refractivity contribution in [3.8, 4) is 0 Å². The molecule has 1 fully saturated rings. The van der Waals surface area contributed by atoms with E-state index in [0.29, 0.717) is 13.0 Å². The lowest BCUT2D eigenvalue weighted by atomic mass is 9.92. The van der Waals surface area contributed by atoms with Gasteiger partial charge in [-0.3, -0.25) is 0 Å². The van der Waals surface area contributed by atoms with Gasteiger partial charge in [-0.25, -0.2) is 0 Å². The minimum atomic E-state index is -4.10. The smallest absolute Gasteiger partial charge is 0.380 e. The SMILES string of the molecule is NC1COCCC1CC(F)(F)F. The molecule has 0 radical (unpaired) electrons. The Kier molecular flexibility index (Phi) is 2.95. The van der Waals surface area contributed by atoms with Crippen molar-refractivity contribution in [1.82, 2.24) is 0 Å². The normalized spacial score (nSPS) is 32.0. The van der Waals surface area contributed by atoms with Gasteiger partial charge >= 0.3 is 6.18 Å². The third-order valence-electron chi connectivity index (χ3n) is 2.04. The van der Waals surface area contributed by atoms with Gasteiger partial charge in [0.05, 0.1) is 6.61 Å². The molecule has 0 spiro atoms. The Morgan fingerprint density at radius 1 is 1.42 bits per heavy atom. The fourth-order valence-electron chi connectivity index (χ4n) is 1.36. The molecule has 0 aromatic rings. The standard InChI is InChI=1S/C7H12F3NO/c8-7(9,10)3-5-1-2-12-4-6(5)11/h5-6H,1-4,11H2. The molecular weight excluding hydrogens is 171 g/mol. The molecule has 0 aromatic carbocycles. The molecule has 2 atom stereocenters. The van der Waals surface area contributed by atoms with Crippen LogP contribution in [0.5, 0.6) is 0 Å². The lowest BCUT2D eigenvalue weighted by Gasteiger charge is -2.29. The monoisotopic (exact) mass is 183 g/mol. The molecule has 2 N–H and O–H groups in total. The van der Waals surface area contributed by atoms with Crippen LogP contribution in [0.1, 0.15) is 12.8 Å². The Morgan fingerprint density at radius 3 is 2.58 bits per heavy atom. The number of hydrogen-bond donors (Lipinski definition) is 1. The Labute approximate surface area is 68.9 Å². The van der Waals surface area contributed by atoms with Crippen molar-refractivity contribution in [2.45, 2.75) is 25.1 Å². The van der Waals surface area contributed by atoms with Gasteiger partial charge in [0.1, 0.15) is 0 Å². The second kappa shape index (κ2) is 3.62. The van der Waals surface area contributed by atoms with Crippen molar-refractivity contribution >= 4 is 0 Å². The van der Waals surface area contributed by atoms with E-state index in [2.05, 4.69) is 0 Å². The van der Waals surface area contributed by atoms with Crippen molar-refractivity contribution in [2.24, 2.45) is 11.7 Å². The maximum Gasteiger partial charge on any atom is 0.389 e. The van der Waals surface area contributed by atoms with Gasteiger partial charge in [-0.2, -0.15) is 13.2 Å². The molecule has 0 aliphatic carbocycles. The van der Waals surface area contributed by atoms with Gasteiger partial charge in [-0.05, 0) is 12.3 Å². The predicted octanol–water partition coefficient (Wildman–Crippen LogP) is 1.30. The molecule has 72 valence electrons. The highest BCUT2D eigenvalue weighted by Gasteiger charge is 2.35. The Bertz CT molecular complexity index is 148. The van der Waals surface area contributed by atoms with E-state index in [0.717, 1.165) is 0 Å². The van der Waals surface area contributed by atoms with Gasteiger partial charge < -0.3 is 10.5 Å². The summed E-state index contributed by atoms with van der Waals surface area (Å²) in [6, 6.07) is -0.458. The molecule has 1 saturated heterocycles. The van der Waals surface area contributed by atoms with Crippen LogP contribution in [0.4, 0.5) is 13.2 Å². The Balaban J connectivity index is 2.39. The third kappa shape index (κ3) is 2.98. The minimum absolute atomic E-state index is 0.251. The number of hydrogen-bond acceptors (Lipinski definition) is 2. The summed E-state index contributed by atoms with van der Waals surface area (Å²) in [6.45, 7) is 0.648. The molecule has 0 bridgehead atoms. The van der Waals surface area contributed by atoms with Gasteiger partial charge in [0.15, 0.2) is 0 Å². The van der Waals surface area contributed by atoms with E-state index >= 15 is 0 Å². The fraction of sp³-hybridized carbons (Fsp3) is 1.00. The van der Waals surface area contributed by atoms with Crippen molar-refractivity contribution in [3.63, 3.8) is 0 Å². The van der Waals surface area contributed by atoms with E-state index < -0.39 is 24.6 Å². The van der Waals surface area contributed by atoms with E-state index in [-0.39, 0.29) is 6.61 Å². The molecule has 2 nitrogen and oxygen atoms in total. The highest BCUT2D eigenvalue weighted by atomic mass is 19.4. The molecule has 0 aromatic heterocycles. The first kappa shape index (κ1) is 9.80. The van der Waals surface area contributed by atoms with Gasteiger partial charge in [-0.1, -0.05) is 0 Å². The molecule has 1 rings (SSSR count). The quantitative estimate of drug-likeness (QED) is 0.665. The topological polar surface area (TPSA) is 35.2 Å². The predicted molar refractivity (Wildman–Crippen MR) is 37.6 cm³/mol. The van der Waals surface area contributed by atoms with Crippen LogP contribution in [0.25, 0.3) is 0 Å². The zero-order valence-corrected chi connectivity index (χ0v) is 6.60. The number of halogens is 3. The molecule has 0 amide bonds. The van der Waals surface area contributed by atoms with E-state index in [4.69, 9.17) is 10.5 Å². The van der Waals surface area contributed by atoms with E-state index in [9.17, 15) is 13.2 Å². The lowest BCUT2D eigenvalue weighted by Crippen LogP contribution is -2.41. The summed E-state index contributed by atoms with van der Waals surface area (Å²) < 4.78 is 40.7. The van der Waals surface area contributed by atoms with Crippen LogP contribution in [-0.2, 0) is 4.74 Å². The number of nitrogens with two attached hydrogens (primary N) is 1. The second-order valence-corrected chi connectivity index (χ2v) is 3.11. The van der Waals surface area contributed by atoms with E-state index in [1.807, 2.05) is 0 Å². The number of rotatable bonds is 1. The van der Waals surface area contributed by atoms with Crippen LogP contribution in [-0.4, -0.2) is 25.4 Å². The molecule has 1 aliphatic heterocycles. The van der Waals surface area contributed by atoms with Crippen LogP contribution >= 0.6 is 0 Å². The largest absolute Gasteiger partial charge is 0.389 e. The van der Waals surface area contributed by atoms with Gasteiger partial charge in [0, 0.05) is 19.1 Å². The lowest BCUT2D eigenvalue weighted by molar-refractivity contribution is -0.152. The van der Waals surface area contributed by atoms with Crippen LogP contribution in [0, 0.1) is 5.92 Å². The zero-order valence-electron chi connectivity index (χ0n) is 6.60. The molecule has 5 heteroatoms. The van der Waals surface area contributed by atoms with Gasteiger partial charge in [-0.15, -0.1) is 0 Å². The van der Waals surface area contributed by atoms with Crippen LogP contribution in [0.3, 0.4) is 0 Å². The first-order valence-corrected chi connectivity index (χ1v) is 3.89. The van der Waals surface area contributed by atoms with E-state index in [1.165, 1.54) is 0 Å². The summed E-state index contributed by atoms with van der Waals surface area (Å²) in [4.78, 5) is 0. The molecule has 0 saturated carbocycles. The van der Waals surface area contributed by atoms with Crippen molar-refractivity contribution < 1.29 is 17.9 Å². The fourth-order valence-corrected chi connectivity index (χ4v) is 1.36. The average molecular weight is 183 g/mol. The minimum Gasteiger partial charge on any atom is -0.380 e. The zero-order chi connectivity index (χ0) is 9.19. The van der Waals surface area contributed by atoms with Crippen molar-refractivity contribution in [1.29, 1.82) is 0 Å². The summed E-state index contributed by atoms with van der Waals surface area (Å²) in [6.07, 6.45) is -4.46. The van der Waals surface area contributed by atoms with Crippen LogP contribution < -0.4 is 5.73 Å². The first-order chi connectivity index (χ1) is 5.49. The summed E-state index contributed by atoms with van der Waals surface area (Å²) in [5, 5.41) is 0. The maximum atomic E-state index is 11.9. The third-order valence-corrected chi connectivity index (χ3v) is 2.04. The molecule has 12 heavy (non-hydrogen) atoms. The molecule has 2 unspecified atom stereocenters. The van der Waals surface area contributed by atoms with Crippen LogP contribution in [0.2, 0.25) is 0 Å². The van der Waals surface area contributed by atoms with Crippen molar-refractivity contribution in [3.05, 3.63) is 0 Å². The summed E-state index contributed by atoms with van der Waals surface area (Å²) in [5.74, 6) is -0.459. The maximum absolute atomic E-state index is 11.9. The van der Waals surface area contributed by atoms with Crippen molar-refractivity contribution in [2.75, 3.05) is 13.2 Å². The molecule has 1 heterocycles. The molecule has 1 aliphatic rings. The molecular formula is C7H12F3NO.